The summed E-state index contributed by atoms with van der Waals surface area (Å²) in [7, 11) is 0. The van der Waals surface area contributed by atoms with Crippen LogP contribution in [0.15, 0.2) is 0 Å². The zero-order valence-electron chi connectivity index (χ0n) is 13.4. The second-order valence-electron chi connectivity index (χ2n) is 6.44. The highest BCUT2D eigenvalue weighted by atomic mass is 16.4. The van der Waals surface area contributed by atoms with E-state index in [9.17, 15) is 9.59 Å². The fraction of sp³-hybridized carbons (Fsp3) is 0.875. The Kier molecular flexibility index (Phi) is 7.72. The number of piperidine rings is 1. The molecule has 1 unspecified atom stereocenters. The maximum absolute atomic E-state index is 12.3. The Labute approximate surface area is 127 Å². The number of hydrogen-bond acceptors (Lipinski definition) is 3. The molecule has 21 heavy (non-hydrogen) atoms. The minimum atomic E-state index is -0.734. The molecule has 1 saturated heterocycles. The van der Waals surface area contributed by atoms with Crippen LogP contribution in [0.1, 0.15) is 58.8 Å². The molecule has 0 radical (unpaired) electrons. The van der Waals surface area contributed by atoms with Crippen molar-refractivity contribution in [3.05, 3.63) is 0 Å². The third-order valence-electron chi connectivity index (χ3n) is 4.56. The van der Waals surface area contributed by atoms with Crippen LogP contribution in [0.2, 0.25) is 0 Å². The molecule has 3 N–H and O–H groups in total. The minimum absolute atomic E-state index is 0.150. The van der Waals surface area contributed by atoms with E-state index in [-0.39, 0.29) is 17.7 Å². The van der Waals surface area contributed by atoms with Gasteiger partial charge in [0.25, 0.3) is 0 Å². The smallest absolute Gasteiger partial charge is 0.303 e. The summed E-state index contributed by atoms with van der Waals surface area (Å²) in [5.41, 5.74) is -0.243. The molecule has 0 aromatic rings. The van der Waals surface area contributed by atoms with Crippen LogP contribution in [0.4, 0.5) is 0 Å². The SMILES string of the molecule is CCCC(CCNC(=O)C1(C)CCNCC1)CCC(=O)O. The van der Waals surface area contributed by atoms with Crippen LogP contribution in [0.3, 0.4) is 0 Å². The highest BCUT2D eigenvalue weighted by Gasteiger charge is 2.34. The predicted molar refractivity (Wildman–Crippen MR) is 83.1 cm³/mol. The number of amides is 1. The number of carboxylic acids is 1. The lowest BCUT2D eigenvalue weighted by Crippen LogP contribution is -2.46. The Morgan fingerprint density at radius 2 is 1.90 bits per heavy atom. The topological polar surface area (TPSA) is 78.4 Å². The van der Waals surface area contributed by atoms with Crippen LogP contribution < -0.4 is 10.6 Å². The Hall–Kier alpha value is -1.10. The monoisotopic (exact) mass is 298 g/mol. The molecule has 1 heterocycles. The first kappa shape index (κ1) is 18.0. The van der Waals surface area contributed by atoms with Crippen molar-refractivity contribution >= 4 is 11.9 Å². The Morgan fingerprint density at radius 3 is 2.48 bits per heavy atom. The summed E-state index contributed by atoms with van der Waals surface area (Å²) in [6.45, 7) is 6.62. The van der Waals surface area contributed by atoms with Gasteiger partial charge in [0, 0.05) is 18.4 Å². The predicted octanol–water partition coefficient (Wildman–Crippen LogP) is 2.16. The molecule has 0 aromatic carbocycles. The van der Waals surface area contributed by atoms with Gasteiger partial charge in [-0.15, -0.1) is 0 Å². The third-order valence-corrected chi connectivity index (χ3v) is 4.56. The average Bonchev–Trinajstić information content (AvgIpc) is 2.45. The molecular weight excluding hydrogens is 268 g/mol. The molecule has 0 spiro atoms. The second-order valence-corrected chi connectivity index (χ2v) is 6.44. The van der Waals surface area contributed by atoms with Crippen molar-refractivity contribution in [1.82, 2.24) is 10.6 Å². The molecule has 1 rings (SSSR count). The van der Waals surface area contributed by atoms with Crippen LogP contribution in [0.5, 0.6) is 0 Å². The van der Waals surface area contributed by atoms with E-state index in [2.05, 4.69) is 17.6 Å². The van der Waals surface area contributed by atoms with E-state index in [1.165, 1.54) is 0 Å². The van der Waals surface area contributed by atoms with Crippen molar-refractivity contribution in [3.63, 3.8) is 0 Å². The minimum Gasteiger partial charge on any atom is -0.481 e. The average molecular weight is 298 g/mol. The summed E-state index contributed by atoms with van der Waals surface area (Å²) in [5.74, 6) is -0.188. The summed E-state index contributed by atoms with van der Waals surface area (Å²) in [6, 6.07) is 0. The van der Waals surface area contributed by atoms with Crippen molar-refractivity contribution in [2.24, 2.45) is 11.3 Å². The molecule has 5 heteroatoms. The molecule has 0 bridgehead atoms. The van der Waals surface area contributed by atoms with E-state index in [4.69, 9.17) is 5.11 Å². The number of rotatable bonds is 9. The van der Waals surface area contributed by atoms with Crippen LogP contribution in [-0.4, -0.2) is 36.6 Å². The van der Waals surface area contributed by atoms with E-state index in [1.807, 2.05) is 6.92 Å². The zero-order valence-corrected chi connectivity index (χ0v) is 13.4. The molecular formula is C16H30N2O3. The van der Waals surface area contributed by atoms with Gasteiger partial charge in [0.2, 0.25) is 5.91 Å². The van der Waals surface area contributed by atoms with Crippen LogP contribution in [0.25, 0.3) is 0 Å². The van der Waals surface area contributed by atoms with Crippen molar-refractivity contribution < 1.29 is 14.7 Å². The van der Waals surface area contributed by atoms with Crippen molar-refractivity contribution in [3.8, 4) is 0 Å². The maximum Gasteiger partial charge on any atom is 0.303 e. The van der Waals surface area contributed by atoms with Gasteiger partial charge >= 0.3 is 5.97 Å². The van der Waals surface area contributed by atoms with Gasteiger partial charge in [-0.25, -0.2) is 0 Å². The number of hydrogen-bond donors (Lipinski definition) is 3. The van der Waals surface area contributed by atoms with Gasteiger partial charge in [0.15, 0.2) is 0 Å². The number of carboxylic acid groups (broad SMARTS) is 1. The van der Waals surface area contributed by atoms with Gasteiger partial charge in [-0.3, -0.25) is 9.59 Å². The molecule has 1 atom stereocenters. The molecule has 1 aliphatic rings. The summed E-state index contributed by atoms with van der Waals surface area (Å²) in [5, 5.41) is 15.1. The molecule has 1 aliphatic heterocycles. The molecule has 0 saturated carbocycles. The Morgan fingerprint density at radius 1 is 1.24 bits per heavy atom. The first-order chi connectivity index (χ1) is 9.98. The fourth-order valence-corrected chi connectivity index (χ4v) is 2.98. The van der Waals surface area contributed by atoms with Gasteiger partial charge in [-0.2, -0.15) is 0 Å². The van der Waals surface area contributed by atoms with Gasteiger partial charge in [-0.1, -0.05) is 26.7 Å². The van der Waals surface area contributed by atoms with E-state index >= 15 is 0 Å². The largest absolute Gasteiger partial charge is 0.481 e. The molecule has 0 aromatic heterocycles. The first-order valence-corrected chi connectivity index (χ1v) is 8.19. The quantitative estimate of drug-likeness (QED) is 0.609. The van der Waals surface area contributed by atoms with Gasteiger partial charge in [-0.05, 0) is 44.7 Å². The lowest BCUT2D eigenvalue weighted by atomic mass is 9.80. The highest BCUT2D eigenvalue weighted by molar-refractivity contribution is 5.82. The summed E-state index contributed by atoms with van der Waals surface area (Å²) in [6.07, 6.45) is 5.67. The van der Waals surface area contributed by atoms with E-state index in [0.29, 0.717) is 18.9 Å². The Balaban J connectivity index is 2.31. The van der Waals surface area contributed by atoms with Crippen LogP contribution in [-0.2, 0) is 9.59 Å². The normalized spacial score (nSPS) is 19.0. The molecule has 1 fully saturated rings. The second kappa shape index (κ2) is 9.03. The van der Waals surface area contributed by atoms with Crippen molar-refractivity contribution in [1.29, 1.82) is 0 Å². The van der Waals surface area contributed by atoms with E-state index in [1.54, 1.807) is 0 Å². The van der Waals surface area contributed by atoms with Crippen molar-refractivity contribution in [2.75, 3.05) is 19.6 Å². The van der Waals surface area contributed by atoms with Crippen molar-refractivity contribution in [2.45, 2.75) is 58.8 Å². The summed E-state index contributed by atoms with van der Waals surface area (Å²) < 4.78 is 0. The maximum atomic E-state index is 12.3. The summed E-state index contributed by atoms with van der Waals surface area (Å²) >= 11 is 0. The highest BCUT2D eigenvalue weighted by Crippen LogP contribution is 2.28. The lowest BCUT2D eigenvalue weighted by molar-refractivity contribution is -0.137. The number of nitrogens with one attached hydrogen (secondary N) is 2. The summed E-state index contributed by atoms with van der Waals surface area (Å²) in [4.78, 5) is 23.0. The van der Waals surface area contributed by atoms with Gasteiger partial charge in [0.05, 0.1) is 0 Å². The van der Waals surface area contributed by atoms with Gasteiger partial charge < -0.3 is 15.7 Å². The first-order valence-electron chi connectivity index (χ1n) is 8.19. The molecule has 122 valence electrons. The number of carbonyl (C=O) groups is 2. The number of carbonyl (C=O) groups excluding carboxylic acids is 1. The van der Waals surface area contributed by atoms with E-state index < -0.39 is 5.97 Å². The lowest BCUT2D eigenvalue weighted by Gasteiger charge is -2.32. The molecule has 5 nitrogen and oxygen atoms in total. The van der Waals surface area contributed by atoms with Crippen LogP contribution in [0, 0.1) is 11.3 Å². The van der Waals surface area contributed by atoms with Gasteiger partial charge in [0.1, 0.15) is 0 Å². The fourth-order valence-electron chi connectivity index (χ4n) is 2.98. The number of aliphatic carboxylic acids is 1. The van der Waals surface area contributed by atoms with Crippen LogP contribution >= 0.6 is 0 Å². The Bertz CT molecular complexity index is 338. The molecule has 0 aliphatic carbocycles. The third kappa shape index (κ3) is 6.46. The standard InChI is InChI=1S/C16H30N2O3/c1-3-4-13(5-6-14(19)20)7-10-18-15(21)16(2)8-11-17-12-9-16/h13,17H,3-12H2,1-2H3,(H,18,21)(H,19,20). The van der Waals surface area contributed by atoms with E-state index in [0.717, 1.165) is 45.2 Å². The zero-order chi connectivity index (χ0) is 15.7. The molecule has 1 amide bonds.